The van der Waals surface area contributed by atoms with Crippen molar-refractivity contribution in [2.75, 3.05) is 6.54 Å². The Morgan fingerprint density at radius 1 is 1.32 bits per heavy atom. The largest absolute Gasteiger partial charge is 0.373 e. The molecule has 1 atom stereocenters. The Kier molecular flexibility index (Phi) is 5.33. The number of carbonyl (C=O) groups excluding carboxylic acids is 3. The SMILES string of the molecule is CCc1cc(F)c([C@@H]2CNC(=O)C2)c(F)c1.O=C=O. The second kappa shape index (κ2) is 6.75. The third-order valence-corrected chi connectivity index (χ3v) is 2.93. The quantitative estimate of drug-likeness (QED) is 0.886. The lowest BCUT2D eigenvalue weighted by Gasteiger charge is -2.11. The van der Waals surface area contributed by atoms with Gasteiger partial charge in [0.05, 0.1) is 0 Å². The van der Waals surface area contributed by atoms with Crippen molar-refractivity contribution in [1.82, 2.24) is 5.32 Å². The summed E-state index contributed by atoms with van der Waals surface area (Å²) in [6, 6.07) is 2.70. The predicted molar refractivity (Wildman–Crippen MR) is 61.1 cm³/mol. The van der Waals surface area contributed by atoms with E-state index < -0.39 is 11.6 Å². The number of halogens is 2. The maximum Gasteiger partial charge on any atom is 0.373 e. The molecule has 1 aromatic rings. The summed E-state index contributed by atoms with van der Waals surface area (Å²) in [6.45, 7) is 2.16. The normalized spacial score (nSPS) is 17.2. The van der Waals surface area contributed by atoms with Crippen LogP contribution in [0.3, 0.4) is 0 Å². The van der Waals surface area contributed by atoms with E-state index in [0.717, 1.165) is 0 Å². The molecule has 0 aliphatic carbocycles. The third-order valence-electron chi connectivity index (χ3n) is 2.93. The summed E-state index contributed by atoms with van der Waals surface area (Å²) in [5, 5.41) is 2.58. The summed E-state index contributed by atoms with van der Waals surface area (Å²) in [6.07, 6.45) is 1.01. The fraction of sp³-hybridized carbons (Fsp3) is 0.385. The fourth-order valence-corrected chi connectivity index (χ4v) is 2.04. The molecule has 0 aromatic heterocycles. The lowest BCUT2D eigenvalue weighted by atomic mass is 9.95. The number of aryl methyl sites for hydroxylation is 1. The van der Waals surface area contributed by atoms with E-state index in [-0.39, 0.29) is 30.0 Å². The zero-order valence-electron chi connectivity index (χ0n) is 10.3. The number of rotatable bonds is 2. The first-order valence-corrected chi connectivity index (χ1v) is 5.77. The molecule has 102 valence electrons. The average molecular weight is 269 g/mol. The topological polar surface area (TPSA) is 63.2 Å². The van der Waals surface area contributed by atoms with Gasteiger partial charge >= 0.3 is 6.15 Å². The van der Waals surface area contributed by atoms with Gasteiger partial charge in [-0.2, -0.15) is 9.59 Å². The van der Waals surface area contributed by atoms with Crippen LogP contribution in [-0.2, 0) is 20.8 Å². The molecule has 1 N–H and O–H groups in total. The minimum Gasteiger partial charge on any atom is -0.355 e. The van der Waals surface area contributed by atoms with Gasteiger partial charge in [-0.1, -0.05) is 6.92 Å². The summed E-state index contributed by atoms with van der Waals surface area (Å²) in [5.41, 5.74) is 0.673. The fourth-order valence-electron chi connectivity index (χ4n) is 2.04. The van der Waals surface area contributed by atoms with Crippen LogP contribution < -0.4 is 5.32 Å². The minimum atomic E-state index is -0.543. The molecule has 0 bridgehead atoms. The smallest absolute Gasteiger partial charge is 0.355 e. The van der Waals surface area contributed by atoms with E-state index in [2.05, 4.69) is 5.32 Å². The highest BCUT2D eigenvalue weighted by atomic mass is 19.1. The van der Waals surface area contributed by atoms with Crippen molar-refractivity contribution >= 4 is 12.1 Å². The summed E-state index contributed by atoms with van der Waals surface area (Å²) < 4.78 is 27.4. The maximum absolute atomic E-state index is 13.7. The van der Waals surface area contributed by atoms with Crippen LogP contribution in [0.25, 0.3) is 0 Å². The van der Waals surface area contributed by atoms with Crippen molar-refractivity contribution in [1.29, 1.82) is 0 Å². The van der Waals surface area contributed by atoms with E-state index in [9.17, 15) is 13.6 Å². The number of hydrogen-bond acceptors (Lipinski definition) is 3. The van der Waals surface area contributed by atoms with Gasteiger partial charge in [0, 0.05) is 24.4 Å². The van der Waals surface area contributed by atoms with E-state index in [1.807, 2.05) is 6.92 Å². The van der Waals surface area contributed by atoms with E-state index in [0.29, 0.717) is 18.5 Å². The predicted octanol–water partition coefficient (Wildman–Crippen LogP) is 1.55. The molecule has 1 heterocycles. The summed E-state index contributed by atoms with van der Waals surface area (Å²) in [4.78, 5) is 27.3. The van der Waals surface area contributed by atoms with Gasteiger partial charge in [0.15, 0.2) is 0 Å². The molecule has 1 aliphatic heterocycles. The molecule has 1 fully saturated rings. The molecule has 0 unspecified atom stereocenters. The van der Waals surface area contributed by atoms with Gasteiger partial charge in [0.1, 0.15) is 11.6 Å². The maximum atomic E-state index is 13.7. The van der Waals surface area contributed by atoms with Crippen molar-refractivity contribution < 1.29 is 23.2 Å². The molecule has 0 saturated carbocycles. The number of benzene rings is 1. The van der Waals surface area contributed by atoms with Crippen LogP contribution in [0.1, 0.15) is 30.4 Å². The zero-order valence-corrected chi connectivity index (χ0v) is 10.3. The molecule has 2 rings (SSSR count). The Morgan fingerprint density at radius 3 is 2.21 bits per heavy atom. The van der Waals surface area contributed by atoms with Crippen molar-refractivity contribution in [3.8, 4) is 0 Å². The Morgan fingerprint density at radius 2 is 1.84 bits per heavy atom. The monoisotopic (exact) mass is 269 g/mol. The number of nitrogens with one attached hydrogen (secondary N) is 1. The first-order chi connectivity index (χ1) is 9.03. The summed E-state index contributed by atoms with van der Waals surface area (Å²) >= 11 is 0. The first-order valence-electron chi connectivity index (χ1n) is 5.77. The highest BCUT2D eigenvalue weighted by molar-refractivity contribution is 5.79. The molecule has 19 heavy (non-hydrogen) atoms. The molecule has 1 saturated heterocycles. The number of hydrogen-bond donors (Lipinski definition) is 1. The second-order valence-corrected chi connectivity index (χ2v) is 4.12. The van der Waals surface area contributed by atoms with Crippen LogP contribution in [0.4, 0.5) is 8.78 Å². The second-order valence-electron chi connectivity index (χ2n) is 4.12. The lowest BCUT2D eigenvalue weighted by molar-refractivity contribution is -0.191. The standard InChI is InChI=1S/C12H13F2NO.CO2/c1-2-7-3-9(13)12(10(14)4-7)8-5-11(16)15-6-8;2-1-3/h3-4,8H,2,5-6H2,1H3,(H,15,16);/t8-;/m0./s1. The molecule has 1 aromatic carbocycles. The van der Waals surface area contributed by atoms with Crippen molar-refractivity contribution in [3.63, 3.8) is 0 Å². The van der Waals surface area contributed by atoms with E-state index >= 15 is 0 Å². The van der Waals surface area contributed by atoms with Gasteiger partial charge in [-0.25, -0.2) is 8.78 Å². The third kappa shape index (κ3) is 3.69. The molecule has 1 amide bonds. The van der Waals surface area contributed by atoms with Crippen LogP contribution in [0.2, 0.25) is 0 Å². The Bertz CT molecular complexity index is 488. The lowest BCUT2D eigenvalue weighted by Crippen LogP contribution is -2.14. The number of carbonyl (C=O) groups is 1. The first kappa shape index (κ1) is 15.0. The number of amides is 1. The Balaban J connectivity index is 0.000000550. The summed E-state index contributed by atoms with van der Waals surface area (Å²) in [7, 11) is 0. The van der Waals surface area contributed by atoms with Crippen LogP contribution in [0.5, 0.6) is 0 Å². The van der Waals surface area contributed by atoms with Gasteiger partial charge in [-0.3, -0.25) is 4.79 Å². The van der Waals surface area contributed by atoms with E-state index in [4.69, 9.17) is 9.59 Å². The highest BCUT2D eigenvalue weighted by Gasteiger charge is 2.28. The van der Waals surface area contributed by atoms with Crippen molar-refractivity contribution in [2.45, 2.75) is 25.7 Å². The van der Waals surface area contributed by atoms with E-state index in [1.165, 1.54) is 12.1 Å². The summed E-state index contributed by atoms with van der Waals surface area (Å²) in [5.74, 6) is -1.61. The molecule has 0 radical (unpaired) electrons. The molecular weight excluding hydrogens is 256 g/mol. The molecule has 0 spiro atoms. The molecule has 6 heteroatoms. The highest BCUT2D eigenvalue weighted by Crippen LogP contribution is 2.28. The Labute approximate surface area is 108 Å². The van der Waals surface area contributed by atoms with Gasteiger partial charge in [-0.05, 0) is 24.1 Å². The van der Waals surface area contributed by atoms with Crippen LogP contribution >= 0.6 is 0 Å². The van der Waals surface area contributed by atoms with Gasteiger partial charge < -0.3 is 5.32 Å². The Hall–Kier alpha value is -2.07. The molecular formula is C13H13F2NO3. The van der Waals surface area contributed by atoms with Gasteiger partial charge in [-0.15, -0.1) is 0 Å². The minimum absolute atomic E-state index is 0.0375. The van der Waals surface area contributed by atoms with Crippen LogP contribution in [0.15, 0.2) is 12.1 Å². The zero-order chi connectivity index (χ0) is 14.4. The van der Waals surface area contributed by atoms with Crippen LogP contribution in [-0.4, -0.2) is 18.6 Å². The van der Waals surface area contributed by atoms with Crippen molar-refractivity contribution in [2.24, 2.45) is 0 Å². The van der Waals surface area contributed by atoms with Gasteiger partial charge in [0.25, 0.3) is 0 Å². The van der Waals surface area contributed by atoms with Gasteiger partial charge in [0.2, 0.25) is 5.91 Å². The van der Waals surface area contributed by atoms with Crippen LogP contribution in [0, 0.1) is 11.6 Å². The molecule has 1 aliphatic rings. The van der Waals surface area contributed by atoms with E-state index in [1.54, 1.807) is 0 Å². The average Bonchev–Trinajstić information content (AvgIpc) is 2.75. The van der Waals surface area contributed by atoms with Crippen molar-refractivity contribution in [3.05, 3.63) is 34.9 Å². The molecule has 4 nitrogen and oxygen atoms in total.